The quantitative estimate of drug-likeness (QED) is 0.887. The van der Waals surface area contributed by atoms with Gasteiger partial charge in [0.05, 0.1) is 12.1 Å². The lowest BCUT2D eigenvalue weighted by atomic mass is 10.2. The van der Waals surface area contributed by atoms with Gasteiger partial charge in [-0.2, -0.15) is 0 Å². The first-order valence-corrected chi connectivity index (χ1v) is 6.96. The number of nitrogens with two attached hydrogens (primary N) is 1. The SMILES string of the molecule is CC1CC1c1ccc(CNc2ccc(F)c(C(N)=O)c2)o1. The van der Waals surface area contributed by atoms with Crippen LogP contribution < -0.4 is 11.1 Å². The highest BCUT2D eigenvalue weighted by Crippen LogP contribution is 2.47. The van der Waals surface area contributed by atoms with Crippen molar-refractivity contribution in [1.29, 1.82) is 0 Å². The molecule has 0 saturated heterocycles. The van der Waals surface area contributed by atoms with Crippen LogP contribution in [0.2, 0.25) is 0 Å². The van der Waals surface area contributed by atoms with Gasteiger partial charge in [-0.25, -0.2) is 4.39 Å². The van der Waals surface area contributed by atoms with Crippen molar-refractivity contribution in [3.63, 3.8) is 0 Å². The van der Waals surface area contributed by atoms with Crippen LogP contribution in [-0.4, -0.2) is 5.91 Å². The van der Waals surface area contributed by atoms with Crippen LogP contribution in [0.4, 0.5) is 10.1 Å². The molecule has 1 aliphatic carbocycles. The Morgan fingerprint density at radius 2 is 2.19 bits per heavy atom. The zero-order valence-electron chi connectivity index (χ0n) is 11.7. The molecule has 1 amide bonds. The van der Waals surface area contributed by atoms with E-state index in [1.165, 1.54) is 18.6 Å². The van der Waals surface area contributed by atoms with E-state index >= 15 is 0 Å². The molecule has 0 spiro atoms. The monoisotopic (exact) mass is 288 g/mol. The summed E-state index contributed by atoms with van der Waals surface area (Å²) < 4.78 is 19.1. The number of benzene rings is 1. The number of rotatable bonds is 5. The van der Waals surface area contributed by atoms with Crippen molar-refractivity contribution >= 4 is 11.6 Å². The molecule has 3 N–H and O–H groups in total. The van der Waals surface area contributed by atoms with Gasteiger partial charge in [0, 0.05) is 11.6 Å². The van der Waals surface area contributed by atoms with E-state index in [0.29, 0.717) is 24.1 Å². The first-order valence-electron chi connectivity index (χ1n) is 6.96. The van der Waals surface area contributed by atoms with Crippen LogP contribution >= 0.6 is 0 Å². The molecule has 3 rings (SSSR count). The summed E-state index contributed by atoms with van der Waals surface area (Å²) in [5.74, 6) is 1.69. The van der Waals surface area contributed by atoms with E-state index in [-0.39, 0.29) is 5.56 Å². The van der Waals surface area contributed by atoms with Gasteiger partial charge in [0.2, 0.25) is 0 Å². The highest BCUT2D eigenvalue weighted by molar-refractivity contribution is 5.94. The Hall–Kier alpha value is -2.30. The molecule has 1 saturated carbocycles. The molecular formula is C16H17FN2O2. The molecule has 2 unspecified atom stereocenters. The van der Waals surface area contributed by atoms with Gasteiger partial charge in [-0.3, -0.25) is 4.79 Å². The van der Waals surface area contributed by atoms with Gasteiger partial charge in [-0.05, 0) is 42.7 Å². The second-order valence-corrected chi connectivity index (χ2v) is 5.54. The maximum atomic E-state index is 13.4. The van der Waals surface area contributed by atoms with E-state index in [1.807, 2.05) is 12.1 Å². The van der Waals surface area contributed by atoms with E-state index < -0.39 is 11.7 Å². The topological polar surface area (TPSA) is 68.3 Å². The average Bonchev–Trinajstić information content (AvgIpc) is 3.00. The fourth-order valence-corrected chi connectivity index (χ4v) is 2.42. The highest BCUT2D eigenvalue weighted by atomic mass is 19.1. The number of nitrogens with one attached hydrogen (secondary N) is 1. The van der Waals surface area contributed by atoms with Crippen LogP contribution in [0.25, 0.3) is 0 Å². The zero-order valence-corrected chi connectivity index (χ0v) is 11.7. The Kier molecular flexibility index (Phi) is 3.41. The van der Waals surface area contributed by atoms with Gasteiger partial charge in [-0.1, -0.05) is 6.92 Å². The van der Waals surface area contributed by atoms with Gasteiger partial charge >= 0.3 is 0 Å². The highest BCUT2D eigenvalue weighted by Gasteiger charge is 2.36. The Balaban J connectivity index is 1.66. The number of hydrogen-bond donors (Lipinski definition) is 2. The van der Waals surface area contributed by atoms with E-state index in [4.69, 9.17) is 10.2 Å². The van der Waals surface area contributed by atoms with Crippen molar-refractivity contribution in [2.24, 2.45) is 11.7 Å². The van der Waals surface area contributed by atoms with Gasteiger partial charge in [0.25, 0.3) is 5.91 Å². The van der Waals surface area contributed by atoms with Crippen LogP contribution in [0.15, 0.2) is 34.7 Å². The molecule has 4 nitrogen and oxygen atoms in total. The van der Waals surface area contributed by atoms with Crippen molar-refractivity contribution in [3.05, 3.63) is 53.2 Å². The molecule has 0 bridgehead atoms. The first-order chi connectivity index (χ1) is 10.0. The van der Waals surface area contributed by atoms with Gasteiger partial charge in [-0.15, -0.1) is 0 Å². The van der Waals surface area contributed by atoms with E-state index in [2.05, 4.69) is 12.2 Å². The first kappa shape index (κ1) is 13.7. The van der Waals surface area contributed by atoms with Crippen molar-refractivity contribution in [1.82, 2.24) is 0 Å². The summed E-state index contributed by atoms with van der Waals surface area (Å²) in [6.45, 7) is 2.68. The molecular weight excluding hydrogens is 271 g/mol. The van der Waals surface area contributed by atoms with Crippen LogP contribution in [0.1, 0.15) is 41.1 Å². The number of furan rings is 1. The lowest BCUT2D eigenvalue weighted by Gasteiger charge is -2.06. The molecule has 1 heterocycles. The number of amides is 1. The molecule has 2 aromatic rings. The lowest BCUT2D eigenvalue weighted by molar-refractivity contribution is 0.0996. The molecule has 0 aliphatic heterocycles. The number of carbonyl (C=O) groups is 1. The van der Waals surface area contributed by atoms with Crippen LogP contribution in [0.5, 0.6) is 0 Å². The van der Waals surface area contributed by atoms with Crippen molar-refractivity contribution in [2.45, 2.75) is 25.8 Å². The summed E-state index contributed by atoms with van der Waals surface area (Å²) in [5, 5.41) is 3.10. The predicted octanol–water partition coefficient (Wildman–Crippen LogP) is 3.25. The van der Waals surface area contributed by atoms with Crippen LogP contribution in [-0.2, 0) is 6.54 Å². The minimum absolute atomic E-state index is 0.119. The predicted molar refractivity (Wildman–Crippen MR) is 77.5 cm³/mol. The minimum Gasteiger partial charge on any atom is -0.464 e. The number of primary amides is 1. The van der Waals surface area contributed by atoms with E-state index in [0.717, 1.165) is 11.5 Å². The van der Waals surface area contributed by atoms with Gasteiger partial charge in [0.15, 0.2) is 0 Å². The molecule has 1 aliphatic rings. The van der Waals surface area contributed by atoms with Crippen molar-refractivity contribution in [3.8, 4) is 0 Å². The fraction of sp³-hybridized carbons (Fsp3) is 0.312. The van der Waals surface area contributed by atoms with Crippen molar-refractivity contribution in [2.75, 3.05) is 5.32 Å². The van der Waals surface area contributed by atoms with Gasteiger partial charge < -0.3 is 15.5 Å². The number of halogens is 1. The summed E-state index contributed by atoms with van der Waals surface area (Å²) in [6, 6.07) is 8.14. The zero-order chi connectivity index (χ0) is 15.0. The molecule has 1 fully saturated rings. The average molecular weight is 288 g/mol. The van der Waals surface area contributed by atoms with E-state index in [9.17, 15) is 9.18 Å². The Morgan fingerprint density at radius 3 is 2.86 bits per heavy atom. The third-order valence-corrected chi connectivity index (χ3v) is 3.86. The largest absolute Gasteiger partial charge is 0.464 e. The van der Waals surface area contributed by atoms with Crippen molar-refractivity contribution < 1.29 is 13.6 Å². The fourth-order valence-electron chi connectivity index (χ4n) is 2.42. The maximum absolute atomic E-state index is 13.4. The lowest BCUT2D eigenvalue weighted by Crippen LogP contribution is -2.13. The molecule has 1 aromatic heterocycles. The third kappa shape index (κ3) is 2.91. The normalized spacial score (nSPS) is 20.3. The molecule has 1 aromatic carbocycles. The second-order valence-electron chi connectivity index (χ2n) is 5.54. The van der Waals surface area contributed by atoms with E-state index in [1.54, 1.807) is 6.07 Å². The number of anilines is 1. The standard InChI is InChI=1S/C16H17FN2O2/c1-9-6-12(9)15-5-3-11(21-15)8-19-10-2-4-14(17)13(7-10)16(18)20/h2-5,7,9,12,19H,6,8H2,1H3,(H2,18,20). The smallest absolute Gasteiger partial charge is 0.251 e. The molecule has 21 heavy (non-hydrogen) atoms. The summed E-state index contributed by atoms with van der Waals surface area (Å²) >= 11 is 0. The van der Waals surface area contributed by atoms with Gasteiger partial charge in [0.1, 0.15) is 17.3 Å². The Morgan fingerprint density at radius 1 is 1.43 bits per heavy atom. The number of hydrogen-bond acceptors (Lipinski definition) is 3. The Bertz CT molecular complexity index is 681. The number of carbonyl (C=O) groups excluding carboxylic acids is 1. The van der Waals surface area contributed by atoms with Crippen LogP contribution in [0.3, 0.4) is 0 Å². The summed E-state index contributed by atoms with van der Waals surface area (Å²) in [5.41, 5.74) is 5.63. The molecule has 110 valence electrons. The Labute approximate surface area is 122 Å². The minimum atomic E-state index is -0.779. The summed E-state index contributed by atoms with van der Waals surface area (Å²) in [4.78, 5) is 11.1. The van der Waals surface area contributed by atoms with Crippen LogP contribution in [0, 0.1) is 11.7 Å². The third-order valence-electron chi connectivity index (χ3n) is 3.86. The summed E-state index contributed by atoms with van der Waals surface area (Å²) in [7, 11) is 0. The molecule has 0 radical (unpaired) electrons. The second kappa shape index (κ2) is 5.24. The maximum Gasteiger partial charge on any atom is 0.251 e. The molecule has 2 atom stereocenters. The molecule has 5 heteroatoms. The summed E-state index contributed by atoms with van der Waals surface area (Å²) in [6.07, 6.45) is 1.18.